The summed E-state index contributed by atoms with van der Waals surface area (Å²) in [4.78, 5) is 8.31. The number of rotatable bonds is 3. The number of ether oxygens (including phenoxy) is 1. The summed E-state index contributed by atoms with van der Waals surface area (Å²) in [6.07, 6.45) is 3.41. The van der Waals surface area contributed by atoms with E-state index in [4.69, 9.17) is 4.74 Å². The Hall–Kier alpha value is -1.12. The minimum absolute atomic E-state index is 0.401. The number of aromatic nitrogens is 2. The molecule has 0 radical (unpaired) electrons. The van der Waals surface area contributed by atoms with Crippen molar-refractivity contribution >= 4 is 0 Å². The quantitative estimate of drug-likeness (QED) is 0.688. The van der Waals surface area contributed by atoms with Gasteiger partial charge in [-0.05, 0) is 12.8 Å². The van der Waals surface area contributed by atoms with Gasteiger partial charge < -0.3 is 4.74 Å². The molecule has 0 aliphatic rings. The zero-order valence-electron chi connectivity index (χ0n) is 7.74. The molecule has 0 fully saturated rings. The second-order valence-corrected chi connectivity index (χ2v) is 2.87. The number of hydrogen-bond donors (Lipinski definition) is 0. The van der Waals surface area contributed by atoms with Crippen molar-refractivity contribution in [3.8, 4) is 5.88 Å². The van der Waals surface area contributed by atoms with Gasteiger partial charge in [0.15, 0.2) is 0 Å². The predicted molar refractivity (Wildman–Crippen MR) is 47.3 cm³/mol. The fourth-order valence-corrected chi connectivity index (χ4v) is 0.858. The Kier molecular flexibility index (Phi) is 3.02. The summed E-state index contributed by atoms with van der Waals surface area (Å²) in [5.74, 6) is 1.02. The smallest absolute Gasteiger partial charge is 0.232 e. The molecule has 66 valence electrons. The molecule has 1 heterocycles. The second kappa shape index (κ2) is 4.04. The first-order chi connectivity index (χ1) is 5.74. The van der Waals surface area contributed by atoms with Crippen LogP contribution in [0, 0.1) is 0 Å². The van der Waals surface area contributed by atoms with Crippen molar-refractivity contribution < 1.29 is 4.74 Å². The molecule has 0 aliphatic carbocycles. The maximum atomic E-state index is 5.22. The van der Waals surface area contributed by atoms with Crippen molar-refractivity contribution in [2.75, 3.05) is 6.61 Å². The van der Waals surface area contributed by atoms with E-state index in [1.54, 1.807) is 12.4 Å². The van der Waals surface area contributed by atoms with E-state index >= 15 is 0 Å². The first-order valence-corrected chi connectivity index (χ1v) is 4.18. The fourth-order valence-electron chi connectivity index (χ4n) is 0.858. The molecule has 0 aromatic carbocycles. The third kappa shape index (κ3) is 2.19. The topological polar surface area (TPSA) is 35.0 Å². The van der Waals surface area contributed by atoms with Gasteiger partial charge in [0.2, 0.25) is 5.88 Å². The molecule has 0 spiro atoms. The summed E-state index contributed by atoms with van der Waals surface area (Å²) in [6.45, 7) is 6.74. The number of hydrogen-bond acceptors (Lipinski definition) is 3. The molecule has 0 aliphatic heterocycles. The lowest BCUT2D eigenvalue weighted by Crippen LogP contribution is -1.99. The lowest BCUT2D eigenvalue weighted by atomic mass is 10.1. The summed E-state index contributed by atoms with van der Waals surface area (Å²) in [7, 11) is 0. The van der Waals surface area contributed by atoms with Crippen molar-refractivity contribution in [2.24, 2.45) is 0 Å². The highest BCUT2D eigenvalue weighted by molar-refractivity contribution is 5.10. The zero-order valence-corrected chi connectivity index (χ0v) is 7.74. The molecule has 0 saturated heterocycles. The average molecular weight is 166 g/mol. The minimum Gasteiger partial charge on any atom is -0.477 e. The van der Waals surface area contributed by atoms with E-state index in [0.717, 1.165) is 5.69 Å². The predicted octanol–water partition coefficient (Wildman–Crippen LogP) is 2.00. The van der Waals surface area contributed by atoms with Crippen molar-refractivity contribution in [3.05, 3.63) is 18.1 Å². The van der Waals surface area contributed by atoms with E-state index in [9.17, 15) is 0 Å². The largest absolute Gasteiger partial charge is 0.477 e. The highest BCUT2D eigenvalue weighted by Gasteiger charge is 2.02. The molecule has 0 saturated carbocycles. The molecule has 0 N–H and O–H groups in total. The van der Waals surface area contributed by atoms with E-state index in [1.165, 1.54) is 0 Å². The van der Waals surface area contributed by atoms with Crippen LogP contribution in [-0.4, -0.2) is 16.6 Å². The molecule has 12 heavy (non-hydrogen) atoms. The van der Waals surface area contributed by atoms with Gasteiger partial charge >= 0.3 is 0 Å². The van der Waals surface area contributed by atoms with Crippen LogP contribution in [-0.2, 0) is 0 Å². The van der Waals surface area contributed by atoms with Gasteiger partial charge in [0.05, 0.1) is 18.5 Å². The van der Waals surface area contributed by atoms with Gasteiger partial charge in [0.1, 0.15) is 0 Å². The average Bonchev–Trinajstić information content (AvgIpc) is 2.05. The van der Waals surface area contributed by atoms with E-state index in [0.29, 0.717) is 18.4 Å². The van der Waals surface area contributed by atoms with Crippen LogP contribution in [0.3, 0.4) is 0 Å². The molecular formula is C9H14N2O. The van der Waals surface area contributed by atoms with Crippen molar-refractivity contribution in [1.82, 2.24) is 9.97 Å². The van der Waals surface area contributed by atoms with Gasteiger partial charge in [-0.1, -0.05) is 13.8 Å². The normalized spacial score (nSPS) is 10.3. The highest BCUT2D eigenvalue weighted by Crippen LogP contribution is 2.13. The number of nitrogens with zero attached hydrogens (tertiary/aromatic N) is 2. The van der Waals surface area contributed by atoms with Crippen LogP contribution in [0.25, 0.3) is 0 Å². The van der Waals surface area contributed by atoms with Gasteiger partial charge in [0, 0.05) is 6.20 Å². The molecule has 0 amide bonds. The third-order valence-corrected chi connectivity index (χ3v) is 1.51. The van der Waals surface area contributed by atoms with Crippen LogP contribution < -0.4 is 4.74 Å². The SMILES string of the molecule is CCOc1cncc(C(C)C)n1. The van der Waals surface area contributed by atoms with Crippen LogP contribution in [0.15, 0.2) is 12.4 Å². The minimum atomic E-state index is 0.401. The molecule has 1 aromatic rings. The Labute approximate surface area is 72.8 Å². The summed E-state index contributed by atoms with van der Waals surface area (Å²) >= 11 is 0. The third-order valence-electron chi connectivity index (χ3n) is 1.51. The summed E-state index contributed by atoms with van der Waals surface area (Å²) < 4.78 is 5.22. The van der Waals surface area contributed by atoms with Crippen LogP contribution in [0.4, 0.5) is 0 Å². The molecular weight excluding hydrogens is 152 g/mol. The second-order valence-electron chi connectivity index (χ2n) is 2.87. The van der Waals surface area contributed by atoms with Crippen LogP contribution in [0.2, 0.25) is 0 Å². The zero-order chi connectivity index (χ0) is 8.97. The lowest BCUT2D eigenvalue weighted by Gasteiger charge is -2.05. The van der Waals surface area contributed by atoms with Crippen LogP contribution in [0.1, 0.15) is 32.4 Å². The summed E-state index contributed by atoms with van der Waals surface area (Å²) in [6, 6.07) is 0. The molecule has 3 nitrogen and oxygen atoms in total. The van der Waals surface area contributed by atoms with Crippen molar-refractivity contribution in [3.63, 3.8) is 0 Å². The molecule has 0 atom stereocenters. The van der Waals surface area contributed by atoms with Gasteiger partial charge in [0.25, 0.3) is 0 Å². The molecule has 1 rings (SSSR count). The maximum Gasteiger partial charge on any atom is 0.232 e. The Morgan fingerprint density at radius 2 is 2.17 bits per heavy atom. The van der Waals surface area contributed by atoms with E-state index in [1.807, 2.05) is 6.92 Å². The molecule has 1 aromatic heterocycles. The van der Waals surface area contributed by atoms with Crippen molar-refractivity contribution in [2.45, 2.75) is 26.7 Å². The van der Waals surface area contributed by atoms with Gasteiger partial charge in [-0.25, -0.2) is 4.98 Å². The molecule has 3 heteroatoms. The lowest BCUT2D eigenvalue weighted by molar-refractivity contribution is 0.323. The van der Waals surface area contributed by atoms with Gasteiger partial charge in [-0.2, -0.15) is 0 Å². The van der Waals surface area contributed by atoms with Crippen LogP contribution >= 0.6 is 0 Å². The summed E-state index contributed by atoms with van der Waals surface area (Å²) in [5.41, 5.74) is 0.973. The Morgan fingerprint density at radius 1 is 1.42 bits per heavy atom. The Bertz CT molecular complexity index is 248. The molecule has 0 bridgehead atoms. The molecule has 0 unspecified atom stereocenters. The Morgan fingerprint density at radius 3 is 2.75 bits per heavy atom. The van der Waals surface area contributed by atoms with E-state index < -0.39 is 0 Å². The summed E-state index contributed by atoms with van der Waals surface area (Å²) in [5, 5.41) is 0. The van der Waals surface area contributed by atoms with E-state index in [-0.39, 0.29) is 0 Å². The highest BCUT2D eigenvalue weighted by atomic mass is 16.5. The van der Waals surface area contributed by atoms with E-state index in [2.05, 4.69) is 23.8 Å². The standard InChI is InChI=1S/C9H14N2O/c1-4-12-9-6-10-5-8(11-9)7(2)3/h5-7H,4H2,1-3H3. The fraction of sp³-hybridized carbons (Fsp3) is 0.556. The maximum absolute atomic E-state index is 5.22. The van der Waals surface area contributed by atoms with Crippen molar-refractivity contribution in [1.29, 1.82) is 0 Å². The monoisotopic (exact) mass is 166 g/mol. The van der Waals surface area contributed by atoms with Gasteiger partial charge in [-0.3, -0.25) is 4.98 Å². The van der Waals surface area contributed by atoms with Gasteiger partial charge in [-0.15, -0.1) is 0 Å². The Balaban J connectivity index is 2.81. The van der Waals surface area contributed by atoms with Crippen LogP contribution in [0.5, 0.6) is 5.88 Å². The first kappa shape index (κ1) is 8.97. The first-order valence-electron chi connectivity index (χ1n) is 4.18.